The number of rotatable bonds is 3. The second-order valence-corrected chi connectivity index (χ2v) is 10.8. The zero-order valence-corrected chi connectivity index (χ0v) is 24.2. The van der Waals surface area contributed by atoms with E-state index in [9.17, 15) is 19.2 Å². The number of nitrogens with zero attached hydrogens (tertiary/aromatic N) is 2. The maximum atomic E-state index is 12.9. The van der Waals surface area contributed by atoms with Gasteiger partial charge < -0.3 is 20.9 Å². The van der Waals surface area contributed by atoms with Crippen LogP contribution < -0.4 is 21.3 Å². The van der Waals surface area contributed by atoms with E-state index in [2.05, 4.69) is 0 Å². The largest absolute Gasteiger partial charge is 0.457 e. The van der Waals surface area contributed by atoms with Gasteiger partial charge in [0.15, 0.2) is 0 Å². The van der Waals surface area contributed by atoms with Gasteiger partial charge in [0, 0.05) is 37.8 Å². The van der Waals surface area contributed by atoms with Crippen LogP contribution in [0.1, 0.15) is 48.3 Å². The molecular formula is C34H30N4O6. The van der Waals surface area contributed by atoms with E-state index in [1.807, 2.05) is 66.7 Å². The molecule has 2 atom stereocenters. The quantitative estimate of drug-likeness (QED) is 0.276. The molecular weight excluding hydrogens is 560 g/mol. The number of ether oxygens (including phenoxy) is 2. The van der Waals surface area contributed by atoms with E-state index in [0.717, 1.165) is 22.3 Å². The molecule has 44 heavy (non-hydrogen) atoms. The first-order chi connectivity index (χ1) is 21.1. The lowest BCUT2D eigenvalue weighted by atomic mass is 9.95. The number of anilines is 4. The Morgan fingerprint density at radius 1 is 0.591 bits per heavy atom. The fourth-order valence-electron chi connectivity index (χ4n) is 6.14. The highest BCUT2D eigenvalue weighted by molar-refractivity contribution is 6.03. The molecule has 0 bridgehead atoms. The van der Waals surface area contributed by atoms with Crippen molar-refractivity contribution in [2.75, 3.05) is 9.80 Å². The maximum absolute atomic E-state index is 12.9. The number of esters is 2. The Morgan fingerprint density at radius 2 is 1.07 bits per heavy atom. The normalized spacial score (nSPS) is 16.7. The number of para-hydroxylation sites is 2. The molecule has 4 aromatic carbocycles. The Kier molecular flexibility index (Phi) is 7.26. The average Bonchev–Trinajstić information content (AvgIpc) is 3.20. The molecule has 2 heterocycles. The number of hydrogen-bond acceptors (Lipinski definition) is 6. The smallest absolute Gasteiger partial charge is 0.323 e. The van der Waals surface area contributed by atoms with Gasteiger partial charge in [-0.05, 0) is 46.5 Å². The van der Waals surface area contributed by atoms with Crippen LogP contribution in [-0.4, -0.2) is 24.0 Å². The molecule has 0 radical (unpaired) electrons. The van der Waals surface area contributed by atoms with E-state index >= 15 is 0 Å². The van der Waals surface area contributed by atoms with Crippen molar-refractivity contribution in [3.8, 4) is 11.1 Å². The molecule has 2 aliphatic heterocycles. The van der Waals surface area contributed by atoms with Gasteiger partial charge in [-0.2, -0.15) is 0 Å². The summed E-state index contributed by atoms with van der Waals surface area (Å²) >= 11 is 0. The summed E-state index contributed by atoms with van der Waals surface area (Å²) in [4.78, 5) is 52.8. The molecule has 10 nitrogen and oxygen atoms in total. The Labute approximate surface area is 253 Å². The van der Waals surface area contributed by atoms with E-state index in [1.165, 1.54) is 23.6 Å². The summed E-state index contributed by atoms with van der Waals surface area (Å²) in [6.07, 6.45) is -0.570. The second kappa shape index (κ2) is 11.2. The zero-order valence-electron chi connectivity index (χ0n) is 24.2. The highest BCUT2D eigenvalue weighted by atomic mass is 16.5. The van der Waals surface area contributed by atoms with Gasteiger partial charge in [-0.15, -0.1) is 0 Å². The lowest BCUT2D eigenvalue weighted by molar-refractivity contribution is -0.147. The summed E-state index contributed by atoms with van der Waals surface area (Å²) < 4.78 is 11.4. The van der Waals surface area contributed by atoms with Gasteiger partial charge >= 0.3 is 24.0 Å². The maximum Gasteiger partial charge on any atom is 0.323 e. The molecule has 0 saturated carbocycles. The van der Waals surface area contributed by atoms with Crippen molar-refractivity contribution in [3.05, 3.63) is 107 Å². The first-order valence-corrected chi connectivity index (χ1v) is 14.1. The van der Waals surface area contributed by atoms with Crippen molar-refractivity contribution < 1.29 is 28.7 Å². The van der Waals surface area contributed by atoms with E-state index in [-0.39, 0.29) is 0 Å². The fraction of sp³-hybridized carbons (Fsp3) is 0.176. The lowest BCUT2D eigenvalue weighted by Gasteiger charge is -2.25. The number of hydrogen-bond donors (Lipinski definition) is 2. The van der Waals surface area contributed by atoms with Crippen LogP contribution in [0.25, 0.3) is 11.1 Å². The van der Waals surface area contributed by atoms with Crippen molar-refractivity contribution in [2.45, 2.75) is 38.9 Å². The van der Waals surface area contributed by atoms with Crippen molar-refractivity contribution in [1.29, 1.82) is 0 Å². The molecule has 10 heteroatoms. The van der Waals surface area contributed by atoms with E-state index in [1.54, 1.807) is 18.2 Å². The molecule has 0 fully saturated rings. The van der Waals surface area contributed by atoms with E-state index in [0.29, 0.717) is 46.7 Å². The van der Waals surface area contributed by atoms with Crippen molar-refractivity contribution in [2.24, 2.45) is 11.5 Å². The third-order valence-corrected chi connectivity index (χ3v) is 7.90. The minimum Gasteiger partial charge on any atom is -0.457 e. The van der Waals surface area contributed by atoms with Crippen LogP contribution in [0.5, 0.6) is 0 Å². The van der Waals surface area contributed by atoms with Gasteiger partial charge in [0.2, 0.25) is 0 Å². The van der Waals surface area contributed by atoms with Crippen LogP contribution in [0.2, 0.25) is 0 Å². The number of amides is 4. The Bertz CT molecular complexity index is 1840. The number of benzene rings is 4. The molecule has 2 aliphatic rings. The standard InChI is InChI=1S/C34H30N4O6/c1-19(39)43-31-18-24-12-11-21(15-29(24)38(34(36)42)28-10-6-4-8-25(28)31)22-13-14-26-30(16-22)37(33(35)41)27-9-5-3-7-23(27)17-32(26)44-20(2)40/h3-16,31-32H,17-18H2,1-2H3,(H2,35,41)(H2,36,42). The predicted octanol–water partition coefficient (Wildman–Crippen LogP) is 6.11. The van der Waals surface area contributed by atoms with E-state index in [4.69, 9.17) is 20.9 Å². The minimum atomic E-state index is -0.693. The van der Waals surface area contributed by atoms with Crippen LogP contribution in [0.15, 0.2) is 84.9 Å². The highest BCUT2D eigenvalue weighted by Crippen LogP contribution is 2.46. The molecule has 4 aromatic rings. The number of urea groups is 2. The number of primary amides is 2. The van der Waals surface area contributed by atoms with Crippen LogP contribution in [-0.2, 0) is 31.9 Å². The predicted molar refractivity (Wildman–Crippen MR) is 165 cm³/mol. The third kappa shape index (κ3) is 5.11. The molecule has 6 rings (SSSR count). The summed E-state index contributed by atoms with van der Waals surface area (Å²) in [6, 6.07) is 24.3. The molecule has 2 unspecified atom stereocenters. The monoisotopic (exact) mass is 590 g/mol. The number of carbonyl (C=O) groups is 4. The Morgan fingerprint density at radius 3 is 1.68 bits per heavy atom. The Balaban J connectivity index is 1.52. The first-order valence-electron chi connectivity index (χ1n) is 14.1. The molecule has 0 saturated heterocycles. The summed E-state index contributed by atoms with van der Waals surface area (Å²) in [5, 5.41) is 0. The summed E-state index contributed by atoms with van der Waals surface area (Å²) in [5.74, 6) is -0.882. The van der Waals surface area contributed by atoms with Crippen LogP contribution in [0, 0.1) is 0 Å². The fourth-order valence-corrected chi connectivity index (χ4v) is 6.14. The average molecular weight is 591 g/mol. The zero-order chi connectivity index (χ0) is 31.1. The van der Waals surface area contributed by atoms with Crippen molar-refractivity contribution in [3.63, 3.8) is 0 Å². The molecule has 0 aromatic heterocycles. The van der Waals surface area contributed by atoms with Gasteiger partial charge in [0.05, 0.1) is 22.7 Å². The minimum absolute atomic E-state index is 0.330. The molecule has 4 amide bonds. The number of nitrogens with two attached hydrogens (primary N) is 2. The molecule has 4 N–H and O–H groups in total. The SMILES string of the molecule is CC(=O)OC1Cc2ccc(-c3ccc4c(c3)N(C(N)=O)c3ccccc3CC4OC(C)=O)cc2N(C(N)=O)c2ccccc21. The van der Waals surface area contributed by atoms with Crippen LogP contribution in [0.3, 0.4) is 0 Å². The van der Waals surface area contributed by atoms with Crippen LogP contribution in [0.4, 0.5) is 32.3 Å². The van der Waals surface area contributed by atoms with Crippen LogP contribution >= 0.6 is 0 Å². The first kappa shape index (κ1) is 28.5. The number of fused-ring (bicyclic) bond motifs is 4. The molecule has 0 spiro atoms. The van der Waals surface area contributed by atoms with E-state index < -0.39 is 36.2 Å². The van der Waals surface area contributed by atoms with Gasteiger partial charge in [0.25, 0.3) is 0 Å². The summed E-state index contributed by atoms with van der Waals surface area (Å²) in [7, 11) is 0. The number of carbonyl (C=O) groups excluding carboxylic acids is 4. The lowest BCUT2D eigenvalue weighted by Crippen LogP contribution is -2.32. The van der Waals surface area contributed by atoms with Gasteiger partial charge in [-0.3, -0.25) is 19.4 Å². The topological polar surface area (TPSA) is 145 Å². The van der Waals surface area contributed by atoms with Crippen molar-refractivity contribution in [1.82, 2.24) is 0 Å². The van der Waals surface area contributed by atoms with Gasteiger partial charge in [-0.1, -0.05) is 60.7 Å². The molecule has 0 aliphatic carbocycles. The summed E-state index contributed by atoms with van der Waals surface area (Å²) in [5.41, 5.74) is 18.3. The summed E-state index contributed by atoms with van der Waals surface area (Å²) in [6.45, 7) is 2.70. The van der Waals surface area contributed by atoms with Gasteiger partial charge in [0.1, 0.15) is 12.2 Å². The third-order valence-electron chi connectivity index (χ3n) is 7.90. The van der Waals surface area contributed by atoms with Gasteiger partial charge in [-0.25, -0.2) is 9.59 Å². The van der Waals surface area contributed by atoms with Crippen molar-refractivity contribution >= 4 is 46.8 Å². The Hall–Kier alpha value is -5.64. The highest BCUT2D eigenvalue weighted by Gasteiger charge is 2.33. The second-order valence-electron chi connectivity index (χ2n) is 10.8. The molecule has 222 valence electrons.